The first-order valence-corrected chi connectivity index (χ1v) is 12.5. The molecule has 1 fully saturated rings. The van der Waals surface area contributed by atoms with Crippen molar-refractivity contribution in [3.63, 3.8) is 0 Å². The van der Waals surface area contributed by atoms with E-state index in [1.165, 1.54) is 43.4 Å². The van der Waals surface area contributed by atoms with E-state index in [9.17, 15) is 8.78 Å². The molecule has 0 N–H and O–H groups in total. The standard InChI is InChI=1S/C33H32F2/c1-22-5-7-27(8-6-22)21-28-12-9-26(10-13-28)11-14-29-19-24(3)30(25(4)20-29)15-16-31-32(34)17-23(2)18-33(31)35/h9-10,12-13,17-20,22,27H,5-8,21H2,1-4H3. The Hall–Kier alpha value is -3.36. The van der Waals surface area contributed by atoms with Crippen LogP contribution in [0.2, 0.25) is 0 Å². The molecule has 4 rings (SSSR count). The molecule has 1 aliphatic carbocycles. The van der Waals surface area contributed by atoms with Gasteiger partial charge in [-0.3, -0.25) is 0 Å². The van der Waals surface area contributed by atoms with Gasteiger partial charge in [0.1, 0.15) is 11.6 Å². The fraction of sp³-hybridized carbons (Fsp3) is 0.333. The highest BCUT2D eigenvalue weighted by Gasteiger charge is 2.18. The van der Waals surface area contributed by atoms with Gasteiger partial charge in [-0.2, -0.15) is 0 Å². The summed E-state index contributed by atoms with van der Waals surface area (Å²) < 4.78 is 28.3. The number of hydrogen-bond donors (Lipinski definition) is 0. The van der Waals surface area contributed by atoms with Gasteiger partial charge in [-0.05, 0) is 111 Å². The molecule has 0 bridgehead atoms. The molecule has 0 atom stereocenters. The lowest BCUT2D eigenvalue weighted by Crippen LogP contribution is -2.14. The topological polar surface area (TPSA) is 0 Å². The van der Waals surface area contributed by atoms with Gasteiger partial charge in [-0.15, -0.1) is 0 Å². The van der Waals surface area contributed by atoms with E-state index in [0.717, 1.165) is 46.1 Å². The van der Waals surface area contributed by atoms with Crippen LogP contribution in [0.5, 0.6) is 0 Å². The lowest BCUT2D eigenvalue weighted by Gasteiger charge is -2.26. The summed E-state index contributed by atoms with van der Waals surface area (Å²) in [5.41, 5.74) is 6.28. The average Bonchev–Trinajstić information content (AvgIpc) is 2.81. The molecule has 35 heavy (non-hydrogen) atoms. The number of aryl methyl sites for hydroxylation is 3. The predicted octanol–water partition coefficient (Wildman–Crippen LogP) is 8.06. The molecule has 0 amide bonds. The molecule has 3 aromatic rings. The van der Waals surface area contributed by atoms with Crippen molar-refractivity contribution < 1.29 is 8.78 Å². The molecule has 0 aromatic heterocycles. The third-order valence-corrected chi connectivity index (χ3v) is 7.00. The first kappa shape index (κ1) is 24.8. The number of rotatable bonds is 2. The molecule has 0 spiro atoms. The maximum atomic E-state index is 14.1. The molecule has 178 valence electrons. The third kappa shape index (κ3) is 6.41. The van der Waals surface area contributed by atoms with E-state index in [1.807, 2.05) is 26.0 Å². The second-order valence-corrected chi connectivity index (χ2v) is 10.1. The minimum absolute atomic E-state index is 0.195. The van der Waals surface area contributed by atoms with E-state index in [1.54, 1.807) is 6.92 Å². The van der Waals surface area contributed by atoms with Crippen LogP contribution in [0.1, 0.15) is 77.1 Å². The predicted molar refractivity (Wildman–Crippen MR) is 140 cm³/mol. The first-order chi connectivity index (χ1) is 16.8. The van der Waals surface area contributed by atoms with Crippen LogP contribution in [-0.4, -0.2) is 0 Å². The Balaban J connectivity index is 1.47. The van der Waals surface area contributed by atoms with Crippen molar-refractivity contribution in [1.29, 1.82) is 0 Å². The SMILES string of the molecule is Cc1cc(F)c(C#Cc2c(C)cc(C#Cc3ccc(CC4CCC(C)CC4)cc3)cc2C)c(F)c1. The Kier molecular flexibility index (Phi) is 7.73. The zero-order chi connectivity index (χ0) is 24.9. The van der Waals surface area contributed by atoms with E-state index in [0.29, 0.717) is 5.56 Å². The number of benzene rings is 3. The van der Waals surface area contributed by atoms with Gasteiger partial charge in [-0.25, -0.2) is 8.78 Å². The zero-order valence-electron chi connectivity index (χ0n) is 21.1. The fourth-order valence-electron chi connectivity index (χ4n) is 4.91. The average molecular weight is 467 g/mol. The summed E-state index contributed by atoms with van der Waals surface area (Å²) in [6.07, 6.45) is 6.57. The summed E-state index contributed by atoms with van der Waals surface area (Å²) in [6, 6.07) is 15.2. The van der Waals surface area contributed by atoms with E-state index in [4.69, 9.17) is 0 Å². The monoisotopic (exact) mass is 466 g/mol. The van der Waals surface area contributed by atoms with E-state index >= 15 is 0 Å². The van der Waals surface area contributed by atoms with Crippen LogP contribution in [0.15, 0.2) is 48.5 Å². The molecular formula is C33H32F2. The molecule has 1 saturated carbocycles. The Morgan fingerprint density at radius 1 is 0.686 bits per heavy atom. The van der Waals surface area contributed by atoms with Crippen LogP contribution in [-0.2, 0) is 6.42 Å². The van der Waals surface area contributed by atoms with Crippen LogP contribution in [0.4, 0.5) is 8.78 Å². The smallest absolute Gasteiger partial charge is 0.142 e. The Morgan fingerprint density at radius 3 is 1.83 bits per heavy atom. The van der Waals surface area contributed by atoms with Gasteiger partial charge in [0.25, 0.3) is 0 Å². The fourth-order valence-corrected chi connectivity index (χ4v) is 4.91. The second kappa shape index (κ2) is 10.9. The normalized spacial score (nSPS) is 17.2. The lowest BCUT2D eigenvalue weighted by atomic mass is 9.80. The van der Waals surface area contributed by atoms with Gasteiger partial charge < -0.3 is 0 Å². The molecule has 0 aliphatic heterocycles. The number of hydrogen-bond acceptors (Lipinski definition) is 0. The first-order valence-electron chi connectivity index (χ1n) is 12.5. The van der Waals surface area contributed by atoms with E-state index < -0.39 is 11.6 Å². The van der Waals surface area contributed by atoms with Crippen molar-refractivity contribution in [3.8, 4) is 23.7 Å². The molecule has 1 aliphatic rings. The van der Waals surface area contributed by atoms with Crippen LogP contribution >= 0.6 is 0 Å². The summed E-state index contributed by atoms with van der Waals surface area (Å²) >= 11 is 0. The maximum absolute atomic E-state index is 14.1. The third-order valence-electron chi connectivity index (χ3n) is 7.00. The molecule has 0 radical (unpaired) electrons. The van der Waals surface area contributed by atoms with Crippen LogP contribution in [0.25, 0.3) is 0 Å². The number of halogens is 2. The van der Waals surface area contributed by atoms with Gasteiger partial charge in [0.2, 0.25) is 0 Å². The largest absolute Gasteiger partial charge is 0.206 e. The Morgan fingerprint density at radius 2 is 1.23 bits per heavy atom. The Labute approximate surface area is 208 Å². The lowest BCUT2D eigenvalue weighted by molar-refractivity contribution is 0.289. The highest BCUT2D eigenvalue weighted by atomic mass is 19.1. The van der Waals surface area contributed by atoms with Gasteiger partial charge in [-0.1, -0.05) is 55.6 Å². The van der Waals surface area contributed by atoms with Crippen molar-refractivity contribution in [2.75, 3.05) is 0 Å². The highest BCUT2D eigenvalue weighted by molar-refractivity contribution is 5.55. The summed E-state index contributed by atoms with van der Waals surface area (Å²) in [6.45, 7) is 7.92. The minimum atomic E-state index is -0.632. The Bertz CT molecular complexity index is 1290. The van der Waals surface area contributed by atoms with Crippen LogP contribution in [0.3, 0.4) is 0 Å². The van der Waals surface area contributed by atoms with Gasteiger partial charge >= 0.3 is 0 Å². The zero-order valence-corrected chi connectivity index (χ0v) is 21.1. The van der Waals surface area contributed by atoms with Gasteiger partial charge in [0.05, 0.1) is 5.56 Å². The van der Waals surface area contributed by atoms with Crippen molar-refractivity contribution in [2.24, 2.45) is 11.8 Å². The summed E-state index contributed by atoms with van der Waals surface area (Å²) in [5, 5.41) is 0. The van der Waals surface area contributed by atoms with Crippen molar-refractivity contribution in [1.82, 2.24) is 0 Å². The van der Waals surface area contributed by atoms with Crippen molar-refractivity contribution in [2.45, 2.75) is 59.8 Å². The quantitative estimate of drug-likeness (QED) is 0.335. The molecule has 0 unspecified atom stereocenters. The summed E-state index contributed by atoms with van der Waals surface area (Å²) in [5.74, 6) is 12.6. The van der Waals surface area contributed by atoms with Crippen molar-refractivity contribution >= 4 is 0 Å². The maximum Gasteiger partial charge on any atom is 0.142 e. The molecule has 0 nitrogen and oxygen atoms in total. The second-order valence-electron chi connectivity index (χ2n) is 10.1. The van der Waals surface area contributed by atoms with E-state index in [2.05, 4.69) is 54.9 Å². The molecular weight excluding hydrogens is 434 g/mol. The minimum Gasteiger partial charge on any atom is -0.206 e. The molecule has 0 heterocycles. The molecule has 0 saturated heterocycles. The summed E-state index contributed by atoms with van der Waals surface area (Å²) in [4.78, 5) is 0. The van der Waals surface area contributed by atoms with Crippen molar-refractivity contribution in [3.05, 3.63) is 105 Å². The highest BCUT2D eigenvalue weighted by Crippen LogP contribution is 2.30. The molecule has 3 aromatic carbocycles. The van der Waals surface area contributed by atoms with E-state index in [-0.39, 0.29) is 5.56 Å². The van der Waals surface area contributed by atoms with Gasteiger partial charge in [0.15, 0.2) is 0 Å². The van der Waals surface area contributed by atoms with Crippen LogP contribution in [0, 0.1) is 67.9 Å². The molecule has 2 heteroatoms. The van der Waals surface area contributed by atoms with Gasteiger partial charge in [0, 0.05) is 16.7 Å². The summed E-state index contributed by atoms with van der Waals surface area (Å²) in [7, 11) is 0. The van der Waals surface area contributed by atoms with Crippen LogP contribution < -0.4 is 0 Å².